The second-order valence-electron chi connectivity index (χ2n) is 7.26. The number of nitrogens with zero attached hydrogens (tertiary/aromatic N) is 4. The molecule has 3 heterocycles. The first-order chi connectivity index (χ1) is 15.6. The van der Waals surface area contributed by atoms with Crippen LogP contribution in [-0.2, 0) is 0 Å². The highest BCUT2D eigenvalue weighted by atomic mass is 19.1. The number of hydrogen-bond donors (Lipinski definition) is 0. The van der Waals surface area contributed by atoms with Crippen LogP contribution in [0.5, 0.6) is 5.75 Å². The highest BCUT2D eigenvalue weighted by molar-refractivity contribution is 5.95. The smallest absolute Gasteiger partial charge is 0.259 e. The summed E-state index contributed by atoms with van der Waals surface area (Å²) >= 11 is 0. The van der Waals surface area contributed by atoms with Gasteiger partial charge >= 0.3 is 0 Å². The van der Waals surface area contributed by atoms with E-state index in [1.54, 1.807) is 42.7 Å². The molecule has 0 bridgehead atoms. The predicted octanol–water partition coefficient (Wildman–Crippen LogP) is 3.98. The lowest BCUT2D eigenvalue weighted by atomic mass is 10.1. The monoisotopic (exact) mass is 434 g/mol. The number of carbonyl (C=O) groups excluding carboxylic acids is 1. The van der Waals surface area contributed by atoms with Crippen molar-refractivity contribution >= 4 is 5.91 Å². The van der Waals surface area contributed by atoms with Gasteiger partial charge in [0.1, 0.15) is 23.5 Å². The number of halogens is 2. The Bertz CT molecular complexity index is 1260. The normalized spacial score (nSPS) is 13.6. The summed E-state index contributed by atoms with van der Waals surface area (Å²) in [6, 6.07) is 13.6. The number of carbonyl (C=O) groups is 1. The van der Waals surface area contributed by atoms with Crippen molar-refractivity contribution in [1.82, 2.24) is 20.0 Å². The van der Waals surface area contributed by atoms with E-state index in [0.29, 0.717) is 17.5 Å². The molecule has 1 aliphatic heterocycles. The highest BCUT2D eigenvalue weighted by Crippen LogP contribution is 2.25. The summed E-state index contributed by atoms with van der Waals surface area (Å²) in [5.74, 6) is -0.533. The quantitative estimate of drug-likeness (QED) is 0.473. The van der Waals surface area contributed by atoms with E-state index in [2.05, 4.69) is 15.1 Å². The van der Waals surface area contributed by atoms with E-state index in [0.717, 1.165) is 29.3 Å². The van der Waals surface area contributed by atoms with Crippen molar-refractivity contribution in [3.8, 4) is 28.6 Å². The number of amides is 1. The molecule has 2 aromatic heterocycles. The minimum absolute atomic E-state index is 0.233. The molecular weight excluding hydrogens is 418 g/mol. The molecule has 0 radical (unpaired) electrons. The Labute approximate surface area is 181 Å². The maximum Gasteiger partial charge on any atom is 0.259 e. The van der Waals surface area contributed by atoms with Gasteiger partial charge in [-0.2, -0.15) is 4.98 Å². The van der Waals surface area contributed by atoms with Crippen molar-refractivity contribution in [3.63, 3.8) is 0 Å². The third-order valence-electron chi connectivity index (χ3n) is 5.04. The lowest BCUT2D eigenvalue weighted by Crippen LogP contribution is -2.56. The van der Waals surface area contributed by atoms with E-state index >= 15 is 0 Å². The van der Waals surface area contributed by atoms with Crippen LogP contribution >= 0.6 is 0 Å². The molecule has 2 aromatic carbocycles. The second kappa shape index (κ2) is 8.18. The number of rotatable bonds is 5. The topological polar surface area (TPSA) is 81.4 Å². The van der Waals surface area contributed by atoms with Gasteiger partial charge < -0.3 is 14.2 Å². The molecule has 0 atom stereocenters. The Morgan fingerprint density at radius 2 is 1.88 bits per heavy atom. The molecule has 0 aliphatic carbocycles. The molecule has 0 spiro atoms. The maximum absolute atomic E-state index is 13.8. The fourth-order valence-corrected chi connectivity index (χ4v) is 3.33. The van der Waals surface area contributed by atoms with E-state index in [-0.39, 0.29) is 24.8 Å². The molecule has 0 unspecified atom stereocenters. The maximum atomic E-state index is 13.8. The van der Waals surface area contributed by atoms with Gasteiger partial charge in [0.15, 0.2) is 0 Å². The van der Waals surface area contributed by atoms with Crippen LogP contribution in [0.1, 0.15) is 10.4 Å². The average molecular weight is 434 g/mol. The second-order valence-corrected chi connectivity index (χ2v) is 7.26. The predicted molar refractivity (Wildman–Crippen MR) is 110 cm³/mol. The summed E-state index contributed by atoms with van der Waals surface area (Å²) in [5.41, 5.74) is 1.20. The van der Waals surface area contributed by atoms with Crippen LogP contribution in [0.25, 0.3) is 22.8 Å². The van der Waals surface area contributed by atoms with Crippen LogP contribution in [0.15, 0.2) is 71.5 Å². The Kier molecular flexibility index (Phi) is 5.06. The van der Waals surface area contributed by atoms with Gasteiger partial charge in [-0.25, -0.2) is 8.78 Å². The molecule has 5 rings (SSSR count). The van der Waals surface area contributed by atoms with Gasteiger partial charge in [0.2, 0.25) is 5.82 Å². The van der Waals surface area contributed by atoms with E-state index in [9.17, 15) is 13.6 Å². The lowest BCUT2D eigenvalue weighted by molar-refractivity contribution is 0.0174. The molecule has 1 amide bonds. The Hall–Kier alpha value is -4.14. The van der Waals surface area contributed by atoms with E-state index in [1.807, 2.05) is 6.07 Å². The Morgan fingerprint density at radius 3 is 2.62 bits per heavy atom. The van der Waals surface area contributed by atoms with Crippen LogP contribution in [-0.4, -0.2) is 45.1 Å². The van der Waals surface area contributed by atoms with Gasteiger partial charge in [-0.15, -0.1) is 0 Å². The first-order valence-electron chi connectivity index (χ1n) is 9.82. The minimum Gasteiger partial charge on any atom is -0.487 e. The van der Waals surface area contributed by atoms with Gasteiger partial charge in [0, 0.05) is 18.0 Å². The number of ether oxygens (including phenoxy) is 1. The number of benzene rings is 2. The van der Waals surface area contributed by atoms with Crippen molar-refractivity contribution in [2.45, 2.75) is 6.10 Å². The van der Waals surface area contributed by atoms with Gasteiger partial charge in [-0.3, -0.25) is 9.78 Å². The molecule has 1 fully saturated rings. The van der Waals surface area contributed by atoms with Crippen molar-refractivity contribution in [3.05, 3.63) is 84.2 Å². The number of aromatic nitrogens is 3. The molecule has 7 nitrogen and oxygen atoms in total. The zero-order valence-electron chi connectivity index (χ0n) is 16.6. The van der Waals surface area contributed by atoms with E-state index in [1.165, 1.54) is 4.90 Å². The summed E-state index contributed by atoms with van der Waals surface area (Å²) in [7, 11) is 0. The van der Waals surface area contributed by atoms with Crippen LogP contribution < -0.4 is 4.74 Å². The van der Waals surface area contributed by atoms with Gasteiger partial charge in [0.05, 0.1) is 24.2 Å². The number of pyridine rings is 1. The molecule has 4 aromatic rings. The fraction of sp³-hybridized carbons (Fsp3) is 0.130. The fourth-order valence-electron chi connectivity index (χ4n) is 3.33. The van der Waals surface area contributed by atoms with Gasteiger partial charge in [0.25, 0.3) is 11.8 Å². The molecular formula is C23H16F2N4O3. The standard InChI is InChI=1S/C23H16F2N4O3/c24-16-5-8-20(25)19(10-16)23(30)29-12-18(13-29)31-17-6-3-14(4-7-17)21-27-22(32-28-21)15-2-1-9-26-11-15/h1-11,18H,12-13H2. The van der Waals surface area contributed by atoms with Crippen molar-refractivity contribution in [2.75, 3.05) is 13.1 Å². The molecule has 32 heavy (non-hydrogen) atoms. The Morgan fingerprint density at radius 1 is 1.06 bits per heavy atom. The third-order valence-corrected chi connectivity index (χ3v) is 5.04. The first-order valence-corrected chi connectivity index (χ1v) is 9.82. The summed E-state index contributed by atoms with van der Waals surface area (Å²) in [6.07, 6.45) is 3.07. The molecule has 0 N–H and O–H groups in total. The van der Waals surface area contributed by atoms with Crippen LogP contribution in [0.3, 0.4) is 0 Å². The summed E-state index contributed by atoms with van der Waals surface area (Å²) in [4.78, 5) is 22.2. The minimum atomic E-state index is -0.746. The van der Waals surface area contributed by atoms with Gasteiger partial charge in [-0.1, -0.05) is 5.16 Å². The average Bonchev–Trinajstić information content (AvgIpc) is 3.28. The van der Waals surface area contributed by atoms with Crippen molar-refractivity contribution < 1.29 is 22.8 Å². The van der Waals surface area contributed by atoms with Crippen LogP contribution in [0.4, 0.5) is 8.78 Å². The zero-order valence-corrected chi connectivity index (χ0v) is 16.6. The molecule has 1 aliphatic rings. The molecule has 9 heteroatoms. The first kappa shape index (κ1) is 19.8. The van der Waals surface area contributed by atoms with E-state index < -0.39 is 17.5 Å². The van der Waals surface area contributed by atoms with E-state index in [4.69, 9.17) is 9.26 Å². The number of likely N-dealkylation sites (tertiary alicyclic amines) is 1. The van der Waals surface area contributed by atoms with Crippen LogP contribution in [0.2, 0.25) is 0 Å². The van der Waals surface area contributed by atoms with Crippen molar-refractivity contribution in [1.29, 1.82) is 0 Å². The molecule has 1 saturated heterocycles. The third kappa shape index (κ3) is 3.92. The van der Waals surface area contributed by atoms with Crippen LogP contribution in [0, 0.1) is 11.6 Å². The molecule has 160 valence electrons. The summed E-state index contributed by atoms with van der Waals surface area (Å²) < 4.78 is 38.3. The summed E-state index contributed by atoms with van der Waals surface area (Å²) in [5, 5.41) is 4.00. The highest BCUT2D eigenvalue weighted by Gasteiger charge is 2.34. The Balaban J connectivity index is 1.19. The SMILES string of the molecule is O=C(c1cc(F)ccc1F)N1CC(Oc2ccc(-c3noc(-c4cccnc4)n3)cc2)C1. The van der Waals surface area contributed by atoms with Crippen molar-refractivity contribution in [2.24, 2.45) is 0 Å². The number of hydrogen-bond acceptors (Lipinski definition) is 6. The largest absolute Gasteiger partial charge is 0.487 e. The zero-order chi connectivity index (χ0) is 22.1. The lowest BCUT2D eigenvalue weighted by Gasteiger charge is -2.39. The molecule has 0 saturated carbocycles. The summed E-state index contributed by atoms with van der Waals surface area (Å²) in [6.45, 7) is 0.575. The van der Waals surface area contributed by atoms with Gasteiger partial charge in [-0.05, 0) is 54.6 Å².